The quantitative estimate of drug-likeness (QED) is 0.879. The standard InChI is InChI=1S/C13H21N3O3S/c1-10-7-12(19-14-10)9-16-6-2-3-11(8-16)15-20(17,18)13-4-5-13/h7,11,13,15H,2-6,8-9H2,1H3. The van der Waals surface area contributed by atoms with E-state index in [1.807, 2.05) is 13.0 Å². The molecule has 7 heteroatoms. The maximum Gasteiger partial charge on any atom is 0.214 e. The summed E-state index contributed by atoms with van der Waals surface area (Å²) in [6.07, 6.45) is 3.54. The SMILES string of the molecule is Cc1cc(CN2CCCC(NS(=O)(=O)C3CC3)C2)on1. The highest BCUT2D eigenvalue weighted by Crippen LogP contribution is 2.28. The third-order valence-corrected chi connectivity index (χ3v) is 5.87. The molecular formula is C13H21N3O3S. The lowest BCUT2D eigenvalue weighted by atomic mass is 10.1. The maximum atomic E-state index is 12.0. The first-order valence-corrected chi connectivity index (χ1v) is 8.73. The van der Waals surface area contributed by atoms with Gasteiger partial charge in [-0.25, -0.2) is 13.1 Å². The lowest BCUT2D eigenvalue weighted by molar-refractivity contribution is 0.175. The van der Waals surface area contributed by atoms with Gasteiger partial charge in [-0.15, -0.1) is 0 Å². The van der Waals surface area contributed by atoms with Crippen LogP contribution < -0.4 is 4.72 Å². The lowest BCUT2D eigenvalue weighted by Gasteiger charge is -2.32. The molecular weight excluding hydrogens is 278 g/mol. The van der Waals surface area contributed by atoms with E-state index < -0.39 is 10.0 Å². The number of sulfonamides is 1. The molecule has 6 nitrogen and oxygen atoms in total. The van der Waals surface area contributed by atoms with Crippen molar-refractivity contribution in [3.63, 3.8) is 0 Å². The van der Waals surface area contributed by atoms with Crippen molar-refractivity contribution in [1.82, 2.24) is 14.8 Å². The van der Waals surface area contributed by atoms with E-state index >= 15 is 0 Å². The second kappa shape index (κ2) is 5.46. The number of likely N-dealkylation sites (tertiary alicyclic amines) is 1. The Morgan fingerprint density at radius 1 is 1.45 bits per heavy atom. The molecule has 1 unspecified atom stereocenters. The summed E-state index contributed by atoms with van der Waals surface area (Å²) in [5, 5.41) is 3.74. The topological polar surface area (TPSA) is 75.4 Å². The molecule has 20 heavy (non-hydrogen) atoms. The van der Waals surface area contributed by atoms with Crippen molar-refractivity contribution >= 4 is 10.0 Å². The van der Waals surface area contributed by atoms with Gasteiger partial charge in [0.05, 0.1) is 17.5 Å². The van der Waals surface area contributed by atoms with Gasteiger partial charge in [0, 0.05) is 18.7 Å². The van der Waals surface area contributed by atoms with Crippen molar-refractivity contribution < 1.29 is 12.9 Å². The van der Waals surface area contributed by atoms with E-state index in [9.17, 15) is 8.42 Å². The molecule has 0 bridgehead atoms. The number of nitrogens with one attached hydrogen (secondary N) is 1. The summed E-state index contributed by atoms with van der Waals surface area (Å²) >= 11 is 0. The number of aromatic nitrogens is 1. The fourth-order valence-electron chi connectivity index (χ4n) is 2.71. The molecule has 1 atom stereocenters. The van der Waals surface area contributed by atoms with Crippen molar-refractivity contribution in [2.45, 2.75) is 50.4 Å². The molecule has 1 aromatic rings. The molecule has 0 radical (unpaired) electrons. The van der Waals surface area contributed by atoms with Crippen molar-refractivity contribution in [3.8, 4) is 0 Å². The summed E-state index contributed by atoms with van der Waals surface area (Å²) in [5.74, 6) is 0.841. The van der Waals surface area contributed by atoms with E-state index in [-0.39, 0.29) is 11.3 Å². The second-order valence-electron chi connectivity index (χ2n) is 5.87. The maximum absolute atomic E-state index is 12.0. The fourth-order valence-corrected chi connectivity index (χ4v) is 4.32. The summed E-state index contributed by atoms with van der Waals surface area (Å²) in [6, 6.07) is 1.95. The van der Waals surface area contributed by atoms with Crippen LogP contribution >= 0.6 is 0 Å². The van der Waals surface area contributed by atoms with E-state index in [0.717, 1.165) is 50.2 Å². The zero-order chi connectivity index (χ0) is 14.2. The normalized spacial score (nSPS) is 24.9. The largest absolute Gasteiger partial charge is 0.360 e. The van der Waals surface area contributed by atoms with Gasteiger partial charge >= 0.3 is 0 Å². The average Bonchev–Trinajstić information content (AvgIpc) is 3.15. The summed E-state index contributed by atoms with van der Waals surface area (Å²) in [7, 11) is -3.09. The van der Waals surface area contributed by atoms with Crippen LogP contribution in [0.4, 0.5) is 0 Å². The van der Waals surface area contributed by atoms with Gasteiger partial charge in [0.15, 0.2) is 5.76 Å². The lowest BCUT2D eigenvalue weighted by Crippen LogP contribution is -2.48. The highest BCUT2D eigenvalue weighted by Gasteiger charge is 2.37. The van der Waals surface area contributed by atoms with Crippen molar-refractivity contribution in [2.75, 3.05) is 13.1 Å². The molecule has 3 rings (SSSR count). The Kier molecular flexibility index (Phi) is 3.83. The molecule has 112 valence electrons. The van der Waals surface area contributed by atoms with Crippen molar-refractivity contribution in [1.29, 1.82) is 0 Å². The summed E-state index contributed by atoms with van der Waals surface area (Å²) in [6.45, 7) is 4.31. The fraction of sp³-hybridized carbons (Fsp3) is 0.769. The van der Waals surface area contributed by atoms with Gasteiger partial charge in [-0.3, -0.25) is 4.90 Å². The molecule has 1 N–H and O–H groups in total. The molecule has 1 saturated heterocycles. The summed E-state index contributed by atoms with van der Waals surface area (Å²) in [5.41, 5.74) is 0.878. The van der Waals surface area contributed by atoms with Crippen LogP contribution in [0, 0.1) is 6.92 Å². The minimum atomic E-state index is -3.09. The second-order valence-corrected chi connectivity index (χ2v) is 7.86. The van der Waals surface area contributed by atoms with Gasteiger partial charge in [0.1, 0.15) is 0 Å². The van der Waals surface area contributed by atoms with Crippen LogP contribution in [0.3, 0.4) is 0 Å². The van der Waals surface area contributed by atoms with Crippen LogP contribution in [-0.2, 0) is 16.6 Å². The van der Waals surface area contributed by atoms with Crippen LogP contribution in [-0.4, -0.2) is 42.9 Å². The van der Waals surface area contributed by atoms with E-state index in [4.69, 9.17) is 4.52 Å². The molecule has 1 saturated carbocycles. The first-order chi connectivity index (χ1) is 9.53. The zero-order valence-corrected chi connectivity index (χ0v) is 12.5. The Bertz CT molecular complexity index is 565. The first kappa shape index (κ1) is 14.0. The molecule has 0 aromatic carbocycles. The van der Waals surface area contributed by atoms with Gasteiger partial charge in [-0.2, -0.15) is 0 Å². The van der Waals surface area contributed by atoms with E-state index in [1.165, 1.54) is 0 Å². The van der Waals surface area contributed by atoms with E-state index in [1.54, 1.807) is 0 Å². The van der Waals surface area contributed by atoms with Crippen LogP contribution in [0.2, 0.25) is 0 Å². The predicted molar refractivity (Wildman–Crippen MR) is 74.6 cm³/mol. The van der Waals surface area contributed by atoms with Crippen molar-refractivity contribution in [3.05, 3.63) is 17.5 Å². The molecule has 1 aromatic heterocycles. The molecule has 0 spiro atoms. The third-order valence-electron chi connectivity index (χ3n) is 3.86. The van der Waals surface area contributed by atoms with Crippen LogP contribution in [0.25, 0.3) is 0 Å². The van der Waals surface area contributed by atoms with E-state index in [2.05, 4.69) is 14.8 Å². The smallest absolute Gasteiger partial charge is 0.214 e. The van der Waals surface area contributed by atoms with Crippen LogP contribution in [0.1, 0.15) is 37.1 Å². The van der Waals surface area contributed by atoms with Gasteiger partial charge in [0.25, 0.3) is 0 Å². The zero-order valence-electron chi connectivity index (χ0n) is 11.7. The Morgan fingerprint density at radius 2 is 2.25 bits per heavy atom. The number of rotatable bonds is 5. The number of nitrogens with zero attached hydrogens (tertiary/aromatic N) is 2. The molecule has 1 aliphatic carbocycles. The Balaban J connectivity index is 1.56. The average molecular weight is 299 g/mol. The number of aryl methyl sites for hydroxylation is 1. The Labute approximate surface area is 119 Å². The molecule has 2 aliphatic rings. The predicted octanol–water partition coefficient (Wildman–Crippen LogP) is 1.03. The molecule has 2 fully saturated rings. The molecule has 2 heterocycles. The van der Waals surface area contributed by atoms with Crippen LogP contribution in [0.5, 0.6) is 0 Å². The minimum absolute atomic E-state index is 0.0263. The third kappa shape index (κ3) is 3.39. The Morgan fingerprint density at radius 3 is 2.90 bits per heavy atom. The van der Waals surface area contributed by atoms with Crippen molar-refractivity contribution in [2.24, 2.45) is 0 Å². The molecule has 0 amide bonds. The van der Waals surface area contributed by atoms with Gasteiger partial charge in [-0.05, 0) is 39.2 Å². The van der Waals surface area contributed by atoms with Gasteiger partial charge in [0.2, 0.25) is 10.0 Å². The number of hydrogen-bond donors (Lipinski definition) is 1. The minimum Gasteiger partial charge on any atom is -0.360 e. The first-order valence-electron chi connectivity index (χ1n) is 7.18. The summed E-state index contributed by atoms with van der Waals surface area (Å²) < 4.78 is 32.0. The summed E-state index contributed by atoms with van der Waals surface area (Å²) in [4.78, 5) is 2.23. The molecule has 1 aliphatic heterocycles. The number of hydrogen-bond acceptors (Lipinski definition) is 5. The monoisotopic (exact) mass is 299 g/mol. The highest BCUT2D eigenvalue weighted by atomic mass is 32.2. The van der Waals surface area contributed by atoms with E-state index in [0.29, 0.717) is 6.54 Å². The van der Waals surface area contributed by atoms with Gasteiger partial charge < -0.3 is 4.52 Å². The highest BCUT2D eigenvalue weighted by molar-refractivity contribution is 7.90. The van der Waals surface area contributed by atoms with Crippen LogP contribution in [0.15, 0.2) is 10.6 Å². The van der Waals surface area contributed by atoms with Gasteiger partial charge in [-0.1, -0.05) is 5.16 Å². The Hall–Kier alpha value is -0.920. The number of piperidine rings is 1.